The Labute approximate surface area is 511 Å². The van der Waals surface area contributed by atoms with Crippen molar-refractivity contribution in [3.63, 3.8) is 0 Å². The van der Waals surface area contributed by atoms with Crippen molar-refractivity contribution < 1.29 is 37.9 Å². The molecular formula is C68H84Br4O8. The number of unbranched alkanes of at least 4 members (excludes halogenated alkanes) is 12. The zero-order chi connectivity index (χ0) is 55.8. The largest absolute Gasteiger partial charge is 0.488 e. The highest BCUT2D eigenvalue weighted by Gasteiger charge is 2.39. The van der Waals surface area contributed by atoms with Crippen LogP contribution in [0.25, 0.3) is 0 Å². The predicted octanol–water partition coefficient (Wildman–Crippen LogP) is 20.8. The Bertz CT molecular complexity index is 2330. The van der Waals surface area contributed by atoms with Crippen LogP contribution in [0.4, 0.5) is 0 Å². The average molecular weight is 1350 g/mol. The number of ether oxygens (including phenoxy) is 8. The number of benzene rings is 4. The third-order valence-corrected chi connectivity index (χ3v) is 19.5. The lowest BCUT2D eigenvalue weighted by atomic mass is 9.76. The van der Waals surface area contributed by atoms with E-state index in [2.05, 4.69) is 164 Å². The van der Waals surface area contributed by atoms with Gasteiger partial charge in [0.25, 0.3) is 0 Å². The van der Waals surface area contributed by atoms with Gasteiger partial charge >= 0.3 is 0 Å². The summed E-state index contributed by atoms with van der Waals surface area (Å²) in [5, 5.41) is 0. The summed E-state index contributed by atoms with van der Waals surface area (Å²) in [6.07, 6.45) is 37.7. The Morgan fingerprint density at radius 3 is 0.575 bits per heavy atom. The summed E-state index contributed by atoms with van der Waals surface area (Å²) >= 11 is 17.2. The van der Waals surface area contributed by atoms with E-state index in [1.807, 2.05) is 0 Å². The van der Waals surface area contributed by atoms with Crippen molar-refractivity contribution in [1.82, 2.24) is 0 Å². The molecule has 8 bridgehead atoms. The highest BCUT2D eigenvalue weighted by molar-refractivity contribution is 9.11. The number of rotatable bonds is 20. The van der Waals surface area contributed by atoms with E-state index in [4.69, 9.17) is 37.9 Å². The maximum Gasteiger partial charge on any atom is 0.141 e. The van der Waals surface area contributed by atoms with Crippen LogP contribution in [-0.2, 0) is 0 Å². The lowest BCUT2D eigenvalue weighted by Gasteiger charge is -2.33. The molecule has 0 atom stereocenters. The maximum atomic E-state index is 7.12. The number of hydrogen-bond acceptors (Lipinski definition) is 8. The summed E-state index contributed by atoms with van der Waals surface area (Å²) in [4.78, 5) is 0. The van der Waals surface area contributed by atoms with Crippen molar-refractivity contribution in [2.45, 2.75) is 180 Å². The molecule has 9 rings (SSSR count). The number of halogens is 4. The molecule has 80 heavy (non-hydrogen) atoms. The second-order valence-electron chi connectivity index (χ2n) is 22.1. The highest BCUT2D eigenvalue weighted by atomic mass is 79.9. The van der Waals surface area contributed by atoms with Gasteiger partial charge in [-0.3, -0.25) is 0 Å². The average Bonchev–Trinajstić information content (AvgIpc) is 3.74. The fraction of sp³-hybridized carbons (Fsp3) is 0.529. The van der Waals surface area contributed by atoms with Crippen LogP contribution in [0.2, 0.25) is 0 Å². The van der Waals surface area contributed by atoms with Gasteiger partial charge in [0.1, 0.15) is 117 Å². The molecule has 0 fully saturated rings. The van der Waals surface area contributed by atoms with E-state index in [-0.39, 0.29) is 23.7 Å². The molecule has 4 aliphatic heterocycles. The molecule has 432 valence electrons. The second-order valence-corrected chi connectivity index (χ2v) is 25.3. The van der Waals surface area contributed by atoms with Crippen LogP contribution in [0.15, 0.2) is 90.8 Å². The molecule has 0 radical (unpaired) electrons. The van der Waals surface area contributed by atoms with Gasteiger partial charge < -0.3 is 37.9 Å². The van der Waals surface area contributed by atoms with Crippen LogP contribution in [0.1, 0.15) is 224 Å². The first kappa shape index (κ1) is 60.7. The van der Waals surface area contributed by atoms with Gasteiger partial charge in [0.15, 0.2) is 0 Å². The first-order chi connectivity index (χ1) is 39.3. The first-order valence-corrected chi connectivity index (χ1v) is 33.5. The minimum Gasteiger partial charge on any atom is -0.488 e. The van der Waals surface area contributed by atoms with E-state index in [1.165, 1.54) is 0 Å². The van der Waals surface area contributed by atoms with E-state index < -0.39 is 0 Å². The molecule has 4 heterocycles. The molecule has 0 spiro atoms. The zero-order valence-corrected chi connectivity index (χ0v) is 54.2. The monoisotopic (exact) mass is 1340 g/mol. The summed E-state index contributed by atoms with van der Waals surface area (Å²) in [6.45, 7) is 12.1. The van der Waals surface area contributed by atoms with Crippen LogP contribution in [0.5, 0.6) is 46.0 Å². The standard InChI is InChI=1S/C68H84Br4O8/c1-5-9-13-17-29-45-49-41-51-46(30-18-14-10-6-2)53-43-55-48(32-20-16-12-8-4)56-44-54-47(31-19-15-11-7-3)52-42-50(45)62-58(70)64(52)76-36-24-26-38-78-66(54)60(72)68(56)80-40-28-27-39-79-67(55)59(71)65(53)77-37-25-23-35-75-63(51)57(69)61(49)73-33-21-22-34-74-62/h21-28,41-48H,5-20,29-40H2,1-4H3/b22-21-,25-23-,26-24-,28-27-. The Morgan fingerprint density at radius 2 is 0.425 bits per heavy atom. The summed E-state index contributed by atoms with van der Waals surface area (Å²) in [7, 11) is 0. The van der Waals surface area contributed by atoms with E-state index >= 15 is 0 Å². The van der Waals surface area contributed by atoms with Crippen LogP contribution >= 0.6 is 63.7 Å². The minimum atomic E-state index is -0.159. The van der Waals surface area contributed by atoms with E-state index in [1.54, 1.807) is 0 Å². The normalized spacial score (nSPS) is 20.8. The smallest absolute Gasteiger partial charge is 0.141 e. The van der Waals surface area contributed by atoms with Crippen molar-refractivity contribution in [3.8, 4) is 46.0 Å². The highest BCUT2D eigenvalue weighted by Crippen LogP contribution is 2.59. The van der Waals surface area contributed by atoms with Crippen molar-refractivity contribution >= 4 is 63.7 Å². The third kappa shape index (κ3) is 14.0. The molecule has 12 heteroatoms. The Kier molecular flexibility index (Phi) is 23.3. The predicted molar refractivity (Wildman–Crippen MR) is 339 cm³/mol. The SMILES string of the molecule is CCCCCCC1c2cc3c4c(Br)c2OC/C=C\COc2c1cc1c(c2Br)OC/C=C\COc2c(cc5c(c2Br)OC/C=C\COc2c(cc(c(c2Br)OC/C=C\CO4)C3CCCCCC)C5CCCCCC)C1CCCCCC. The zero-order valence-electron chi connectivity index (χ0n) is 47.8. The van der Waals surface area contributed by atoms with Gasteiger partial charge in [-0.25, -0.2) is 0 Å². The lowest BCUT2D eigenvalue weighted by Crippen LogP contribution is -2.17. The van der Waals surface area contributed by atoms with Gasteiger partial charge in [0, 0.05) is 68.2 Å². The van der Waals surface area contributed by atoms with Gasteiger partial charge in [-0.2, -0.15) is 0 Å². The van der Waals surface area contributed by atoms with Gasteiger partial charge in [-0.05, 0) is 162 Å². The van der Waals surface area contributed by atoms with Gasteiger partial charge in [-0.15, -0.1) is 0 Å². The molecule has 0 N–H and O–H groups in total. The molecule has 4 aromatic carbocycles. The Hall–Kier alpha value is -3.84. The summed E-state index contributed by atoms with van der Waals surface area (Å²) in [5.74, 6) is 5.73. The van der Waals surface area contributed by atoms with Crippen LogP contribution in [0, 0.1) is 0 Å². The van der Waals surface area contributed by atoms with Crippen LogP contribution < -0.4 is 37.9 Å². The molecule has 0 saturated carbocycles. The molecule has 1 aliphatic carbocycles. The van der Waals surface area contributed by atoms with E-state index in [9.17, 15) is 0 Å². The topological polar surface area (TPSA) is 73.8 Å². The molecule has 0 aromatic heterocycles. The molecule has 0 unspecified atom stereocenters. The number of hydrogen-bond donors (Lipinski definition) is 0. The molecule has 0 saturated heterocycles. The summed E-state index contributed by atoms with van der Waals surface area (Å²) in [5.41, 5.74) is 8.85. The quantitative estimate of drug-likeness (QED) is 0.0640. The van der Waals surface area contributed by atoms with Gasteiger partial charge in [0.05, 0.1) is 0 Å². The molecule has 5 aliphatic rings. The molecule has 0 amide bonds. The summed E-state index contributed by atoms with van der Waals surface area (Å²) in [6, 6.07) is 9.86. The van der Waals surface area contributed by atoms with Gasteiger partial charge in [-0.1, -0.05) is 130 Å². The summed E-state index contributed by atoms with van der Waals surface area (Å²) < 4.78 is 60.2. The van der Waals surface area contributed by atoms with E-state index in [0.717, 1.165) is 237 Å². The molecule has 4 aromatic rings. The minimum absolute atomic E-state index is 0.159. The van der Waals surface area contributed by atoms with Crippen molar-refractivity contribution in [3.05, 3.63) is 135 Å². The second kappa shape index (κ2) is 30.6. The van der Waals surface area contributed by atoms with Crippen molar-refractivity contribution in [2.75, 3.05) is 52.9 Å². The fourth-order valence-electron chi connectivity index (χ4n) is 12.5. The van der Waals surface area contributed by atoms with Gasteiger partial charge in [0.2, 0.25) is 0 Å². The maximum absolute atomic E-state index is 7.12. The Balaban J connectivity index is 1.50. The lowest BCUT2D eigenvalue weighted by molar-refractivity contribution is 0.329. The fourth-order valence-corrected chi connectivity index (χ4v) is 15.2. The Morgan fingerprint density at radius 1 is 0.263 bits per heavy atom. The third-order valence-electron chi connectivity index (χ3n) is 16.6. The molecule has 8 nitrogen and oxygen atoms in total. The molecular weight excluding hydrogens is 1260 g/mol. The van der Waals surface area contributed by atoms with Crippen molar-refractivity contribution in [2.24, 2.45) is 0 Å². The van der Waals surface area contributed by atoms with E-state index in [0.29, 0.717) is 52.9 Å². The van der Waals surface area contributed by atoms with Crippen LogP contribution in [0.3, 0.4) is 0 Å². The van der Waals surface area contributed by atoms with Crippen LogP contribution in [-0.4, -0.2) is 52.9 Å². The van der Waals surface area contributed by atoms with Crippen molar-refractivity contribution in [1.29, 1.82) is 0 Å². The first-order valence-electron chi connectivity index (χ1n) is 30.4.